The normalized spacial score (nSPS) is 11.2. The van der Waals surface area contributed by atoms with Crippen molar-refractivity contribution in [2.24, 2.45) is 0 Å². The van der Waals surface area contributed by atoms with Crippen LogP contribution in [0.2, 0.25) is 0 Å². The summed E-state index contributed by atoms with van der Waals surface area (Å²) in [4.78, 5) is 6.83. The summed E-state index contributed by atoms with van der Waals surface area (Å²) in [5, 5.41) is 3.24. The number of aryl methyl sites for hydroxylation is 1. The third kappa shape index (κ3) is 5.17. The van der Waals surface area contributed by atoms with Crippen molar-refractivity contribution >= 4 is 38.9 Å². The van der Waals surface area contributed by atoms with Gasteiger partial charge in [-0.1, -0.05) is 28.1 Å². The average Bonchev–Trinajstić information content (AvgIpc) is 2.89. The topological polar surface area (TPSA) is 16.1 Å². The van der Waals surface area contributed by atoms with Gasteiger partial charge in [-0.25, -0.2) is 4.98 Å². The molecule has 1 aromatic heterocycles. The lowest BCUT2D eigenvalue weighted by molar-refractivity contribution is 0.322. The number of nitrogens with zero attached hydrogens (tertiary/aromatic N) is 2. The van der Waals surface area contributed by atoms with Crippen molar-refractivity contribution in [3.05, 3.63) is 50.4 Å². The molecular weight excluding hydrogens is 356 g/mol. The van der Waals surface area contributed by atoms with Gasteiger partial charge in [-0.15, -0.1) is 22.9 Å². The molecule has 0 unspecified atom stereocenters. The molecule has 108 valence electrons. The molecule has 0 amide bonds. The minimum absolute atomic E-state index is 0.514. The first-order valence-electron chi connectivity index (χ1n) is 6.59. The van der Waals surface area contributed by atoms with Crippen molar-refractivity contribution in [1.82, 2.24) is 9.88 Å². The predicted molar refractivity (Wildman–Crippen MR) is 90.5 cm³/mol. The molecule has 0 fully saturated rings. The molecule has 0 aliphatic carbocycles. The fourth-order valence-corrected chi connectivity index (χ4v) is 3.34. The van der Waals surface area contributed by atoms with Crippen LogP contribution in [0.25, 0.3) is 0 Å². The maximum atomic E-state index is 5.76. The van der Waals surface area contributed by atoms with Gasteiger partial charge in [0.15, 0.2) is 0 Å². The van der Waals surface area contributed by atoms with Crippen LogP contribution in [-0.4, -0.2) is 23.5 Å². The first-order valence-corrected chi connectivity index (χ1v) is 8.80. The number of hydrogen-bond acceptors (Lipinski definition) is 3. The van der Waals surface area contributed by atoms with Crippen LogP contribution in [-0.2, 0) is 18.8 Å². The van der Waals surface area contributed by atoms with E-state index in [1.165, 1.54) is 10.6 Å². The van der Waals surface area contributed by atoms with Gasteiger partial charge in [0.1, 0.15) is 0 Å². The van der Waals surface area contributed by atoms with Gasteiger partial charge in [-0.2, -0.15) is 0 Å². The van der Waals surface area contributed by atoms with E-state index in [4.69, 9.17) is 11.6 Å². The SMILES string of the molecule is CN(CCCc1nc(CCl)cs1)Cc1ccc(Br)cc1. The highest BCUT2D eigenvalue weighted by molar-refractivity contribution is 9.10. The molecule has 0 radical (unpaired) electrons. The van der Waals surface area contributed by atoms with Crippen LogP contribution < -0.4 is 0 Å². The lowest BCUT2D eigenvalue weighted by Gasteiger charge is -2.16. The summed E-state index contributed by atoms with van der Waals surface area (Å²) in [6.07, 6.45) is 2.16. The molecule has 20 heavy (non-hydrogen) atoms. The van der Waals surface area contributed by atoms with Crippen molar-refractivity contribution in [3.63, 3.8) is 0 Å². The van der Waals surface area contributed by atoms with Crippen LogP contribution in [0.15, 0.2) is 34.1 Å². The van der Waals surface area contributed by atoms with E-state index >= 15 is 0 Å². The van der Waals surface area contributed by atoms with Crippen LogP contribution >= 0.6 is 38.9 Å². The average molecular weight is 374 g/mol. The van der Waals surface area contributed by atoms with E-state index in [0.717, 1.165) is 36.1 Å². The van der Waals surface area contributed by atoms with Gasteiger partial charge in [-0.3, -0.25) is 0 Å². The van der Waals surface area contributed by atoms with Gasteiger partial charge in [0.25, 0.3) is 0 Å². The van der Waals surface area contributed by atoms with Crippen molar-refractivity contribution < 1.29 is 0 Å². The monoisotopic (exact) mass is 372 g/mol. The Hall–Kier alpha value is -0.420. The van der Waals surface area contributed by atoms with E-state index in [1.807, 2.05) is 5.38 Å². The molecule has 0 aliphatic heterocycles. The summed E-state index contributed by atoms with van der Waals surface area (Å²) >= 11 is 10.9. The molecular formula is C15H18BrClN2S. The molecule has 0 N–H and O–H groups in total. The van der Waals surface area contributed by atoms with E-state index in [9.17, 15) is 0 Å². The van der Waals surface area contributed by atoms with Crippen LogP contribution in [0.1, 0.15) is 22.7 Å². The van der Waals surface area contributed by atoms with Gasteiger partial charge < -0.3 is 4.90 Å². The minimum Gasteiger partial charge on any atom is -0.302 e. The zero-order valence-electron chi connectivity index (χ0n) is 11.5. The summed E-state index contributed by atoms with van der Waals surface area (Å²) in [6.45, 7) is 2.06. The Kier molecular flexibility index (Phi) is 6.49. The Morgan fingerprint density at radius 1 is 1.30 bits per heavy atom. The molecule has 0 atom stereocenters. The standard InChI is InChI=1S/C15H18BrClN2S/c1-19(10-12-4-6-13(16)7-5-12)8-2-3-15-18-14(9-17)11-20-15/h4-7,11H,2-3,8-10H2,1H3. The van der Waals surface area contributed by atoms with Gasteiger partial charge in [0.05, 0.1) is 16.6 Å². The predicted octanol–water partition coefficient (Wildman–Crippen LogP) is 4.71. The zero-order valence-corrected chi connectivity index (χ0v) is 14.6. The van der Waals surface area contributed by atoms with Gasteiger partial charge in [0.2, 0.25) is 0 Å². The fraction of sp³-hybridized carbons (Fsp3) is 0.400. The molecule has 0 spiro atoms. The third-order valence-corrected chi connectivity index (χ3v) is 4.79. The van der Waals surface area contributed by atoms with Crippen LogP contribution in [0.4, 0.5) is 0 Å². The number of halogens is 2. The molecule has 2 aromatic rings. The number of hydrogen-bond donors (Lipinski definition) is 0. The second kappa shape index (κ2) is 8.13. The van der Waals surface area contributed by atoms with Crippen LogP contribution in [0.5, 0.6) is 0 Å². The zero-order chi connectivity index (χ0) is 14.4. The lowest BCUT2D eigenvalue weighted by Crippen LogP contribution is -2.19. The molecule has 0 saturated carbocycles. The second-order valence-electron chi connectivity index (χ2n) is 4.83. The van der Waals surface area contributed by atoms with Gasteiger partial charge in [-0.05, 0) is 37.7 Å². The summed E-state index contributed by atoms with van der Waals surface area (Å²) in [5.74, 6) is 0.514. The molecule has 1 heterocycles. The fourth-order valence-electron chi connectivity index (χ4n) is 2.01. The molecule has 5 heteroatoms. The minimum atomic E-state index is 0.514. The van der Waals surface area contributed by atoms with E-state index in [-0.39, 0.29) is 0 Å². The Bertz CT molecular complexity index is 527. The quantitative estimate of drug-likeness (QED) is 0.653. The van der Waals surface area contributed by atoms with Crippen LogP contribution in [0, 0.1) is 0 Å². The highest BCUT2D eigenvalue weighted by Gasteiger charge is 2.04. The van der Waals surface area contributed by atoms with Gasteiger partial charge in [0, 0.05) is 22.8 Å². The highest BCUT2D eigenvalue weighted by atomic mass is 79.9. The number of rotatable bonds is 7. The Morgan fingerprint density at radius 3 is 2.70 bits per heavy atom. The second-order valence-corrected chi connectivity index (χ2v) is 6.96. The Balaban J connectivity index is 1.72. The van der Waals surface area contributed by atoms with Crippen molar-refractivity contribution in [3.8, 4) is 0 Å². The van der Waals surface area contributed by atoms with Crippen molar-refractivity contribution in [2.75, 3.05) is 13.6 Å². The lowest BCUT2D eigenvalue weighted by atomic mass is 10.2. The maximum absolute atomic E-state index is 5.76. The summed E-state index contributed by atoms with van der Waals surface area (Å²) in [7, 11) is 2.16. The molecule has 0 aliphatic rings. The highest BCUT2D eigenvalue weighted by Crippen LogP contribution is 2.14. The summed E-state index contributed by atoms with van der Waals surface area (Å²) in [6, 6.07) is 8.50. The first-order chi connectivity index (χ1) is 9.67. The number of benzene rings is 1. The van der Waals surface area contributed by atoms with Crippen molar-refractivity contribution in [2.45, 2.75) is 25.3 Å². The molecule has 0 saturated heterocycles. The largest absolute Gasteiger partial charge is 0.302 e. The number of alkyl halides is 1. The number of aromatic nitrogens is 1. The first kappa shape index (κ1) is 16.0. The summed E-state index contributed by atoms with van der Waals surface area (Å²) < 4.78 is 1.13. The number of thiazole rings is 1. The Morgan fingerprint density at radius 2 is 2.05 bits per heavy atom. The molecule has 2 nitrogen and oxygen atoms in total. The van der Waals surface area contributed by atoms with E-state index in [1.54, 1.807) is 11.3 Å². The molecule has 0 bridgehead atoms. The molecule has 1 aromatic carbocycles. The summed E-state index contributed by atoms with van der Waals surface area (Å²) in [5.41, 5.74) is 2.34. The van der Waals surface area contributed by atoms with Gasteiger partial charge >= 0.3 is 0 Å². The van der Waals surface area contributed by atoms with E-state index in [2.05, 4.69) is 57.1 Å². The van der Waals surface area contributed by atoms with Crippen LogP contribution in [0.3, 0.4) is 0 Å². The molecule has 2 rings (SSSR count). The maximum Gasteiger partial charge on any atom is 0.0929 e. The van der Waals surface area contributed by atoms with Crippen molar-refractivity contribution in [1.29, 1.82) is 0 Å². The van der Waals surface area contributed by atoms with E-state index < -0.39 is 0 Å². The smallest absolute Gasteiger partial charge is 0.0929 e. The third-order valence-electron chi connectivity index (χ3n) is 3.03. The Labute approximate surface area is 137 Å². The van der Waals surface area contributed by atoms with E-state index in [0.29, 0.717) is 5.88 Å².